The van der Waals surface area contributed by atoms with E-state index in [9.17, 15) is 14.4 Å². The van der Waals surface area contributed by atoms with Crippen molar-refractivity contribution in [2.45, 2.75) is 18.9 Å². The fraction of sp³-hybridized carbons (Fsp3) is 0.360. The zero-order chi connectivity index (χ0) is 25.3. The SMILES string of the molecule is Nc1ccc(OCCOCCOCCNc2cccc3cnn(C4CCC(=O)NC4=O)c(=O)c23)cc1. The number of hydrogen-bond donors (Lipinski definition) is 3. The number of rotatable bonds is 12. The molecule has 1 fully saturated rings. The maximum atomic E-state index is 13.2. The zero-order valence-corrected chi connectivity index (χ0v) is 19.8. The van der Waals surface area contributed by atoms with Crippen molar-refractivity contribution in [2.24, 2.45) is 0 Å². The average molecular weight is 496 g/mol. The van der Waals surface area contributed by atoms with Crippen molar-refractivity contribution < 1.29 is 23.8 Å². The van der Waals surface area contributed by atoms with Gasteiger partial charge in [-0.2, -0.15) is 5.10 Å². The van der Waals surface area contributed by atoms with Gasteiger partial charge in [0, 0.05) is 29.7 Å². The van der Waals surface area contributed by atoms with Crippen LogP contribution < -0.4 is 26.7 Å². The smallest absolute Gasteiger partial charge is 0.277 e. The Morgan fingerprint density at radius 3 is 2.53 bits per heavy atom. The number of benzene rings is 2. The lowest BCUT2D eigenvalue weighted by Crippen LogP contribution is -2.45. The summed E-state index contributed by atoms with van der Waals surface area (Å²) in [5.74, 6) is -0.120. The van der Waals surface area contributed by atoms with Crippen LogP contribution in [0.1, 0.15) is 18.9 Å². The van der Waals surface area contributed by atoms with Gasteiger partial charge in [0.1, 0.15) is 18.4 Å². The maximum Gasteiger partial charge on any atom is 0.277 e. The number of carbonyl (C=O) groups is 2. The Bertz CT molecular complexity index is 1260. The molecule has 1 unspecified atom stereocenters. The van der Waals surface area contributed by atoms with Crippen LogP contribution in [0, 0.1) is 0 Å². The average Bonchev–Trinajstić information content (AvgIpc) is 2.87. The largest absolute Gasteiger partial charge is 0.491 e. The minimum Gasteiger partial charge on any atom is -0.491 e. The van der Waals surface area contributed by atoms with Crippen LogP contribution in [-0.2, 0) is 19.1 Å². The summed E-state index contributed by atoms with van der Waals surface area (Å²) < 4.78 is 17.8. The first kappa shape index (κ1) is 25.1. The van der Waals surface area contributed by atoms with E-state index in [1.54, 1.807) is 30.5 Å². The maximum absolute atomic E-state index is 13.2. The van der Waals surface area contributed by atoms with Gasteiger partial charge in [0.2, 0.25) is 5.91 Å². The van der Waals surface area contributed by atoms with Crippen LogP contribution in [0.5, 0.6) is 5.75 Å². The summed E-state index contributed by atoms with van der Waals surface area (Å²) in [6, 6.07) is 11.8. The minimum atomic E-state index is -0.812. The van der Waals surface area contributed by atoms with E-state index in [0.717, 1.165) is 10.4 Å². The molecule has 4 rings (SSSR count). The third-order valence-corrected chi connectivity index (χ3v) is 5.66. The molecule has 190 valence electrons. The van der Waals surface area contributed by atoms with Gasteiger partial charge in [0.05, 0.1) is 38.0 Å². The molecule has 36 heavy (non-hydrogen) atoms. The number of carbonyl (C=O) groups excluding carboxylic acids is 2. The molecule has 1 atom stereocenters. The first-order valence-corrected chi connectivity index (χ1v) is 11.7. The number of aromatic nitrogens is 2. The van der Waals surface area contributed by atoms with E-state index in [1.165, 1.54) is 0 Å². The van der Waals surface area contributed by atoms with E-state index in [-0.39, 0.29) is 24.3 Å². The Morgan fingerprint density at radius 1 is 1.00 bits per heavy atom. The molecule has 11 heteroatoms. The van der Waals surface area contributed by atoms with Gasteiger partial charge in [0.15, 0.2) is 0 Å². The molecule has 2 amide bonds. The summed E-state index contributed by atoms with van der Waals surface area (Å²) in [6.07, 6.45) is 1.96. The van der Waals surface area contributed by atoms with Crippen LogP contribution in [0.3, 0.4) is 0 Å². The number of nitrogens with one attached hydrogen (secondary N) is 2. The number of amides is 2. The van der Waals surface area contributed by atoms with Crippen molar-refractivity contribution in [1.82, 2.24) is 15.1 Å². The van der Waals surface area contributed by atoms with Crippen LogP contribution >= 0.6 is 0 Å². The van der Waals surface area contributed by atoms with E-state index >= 15 is 0 Å². The standard InChI is InChI=1S/C25H29N5O6/c26-18-4-6-19(7-5-18)36-15-14-35-13-12-34-11-10-27-20-3-1-2-17-16-28-30(25(33)23(17)20)21-8-9-22(31)29-24(21)32/h1-7,16,21,27H,8-15,26H2,(H,29,31,32). The molecule has 0 radical (unpaired) electrons. The number of piperidine rings is 1. The van der Waals surface area contributed by atoms with E-state index < -0.39 is 11.9 Å². The summed E-state index contributed by atoms with van der Waals surface area (Å²) >= 11 is 0. The molecule has 1 aliphatic rings. The van der Waals surface area contributed by atoms with Crippen molar-refractivity contribution in [2.75, 3.05) is 50.6 Å². The molecule has 1 aromatic heterocycles. The second-order valence-electron chi connectivity index (χ2n) is 8.20. The number of nitrogen functional groups attached to an aromatic ring is 1. The molecule has 3 aromatic rings. The van der Waals surface area contributed by atoms with Gasteiger partial charge in [-0.3, -0.25) is 19.7 Å². The Labute approximate surface area is 207 Å². The zero-order valence-electron chi connectivity index (χ0n) is 19.8. The minimum absolute atomic E-state index is 0.166. The monoisotopic (exact) mass is 495 g/mol. The van der Waals surface area contributed by atoms with Crippen LogP contribution in [-0.4, -0.2) is 61.2 Å². The van der Waals surface area contributed by atoms with Crippen molar-refractivity contribution >= 4 is 34.0 Å². The normalized spacial score (nSPS) is 15.6. The van der Waals surface area contributed by atoms with Gasteiger partial charge < -0.3 is 25.3 Å². The topological polar surface area (TPSA) is 147 Å². The molecule has 0 saturated carbocycles. The Kier molecular flexibility index (Phi) is 8.48. The molecular weight excluding hydrogens is 466 g/mol. The number of anilines is 2. The van der Waals surface area contributed by atoms with Crippen molar-refractivity contribution in [1.29, 1.82) is 0 Å². The van der Waals surface area contributed by atoms with Gasteiger partial charge in [-0.15, -0.1) is 0 Å². The molecule has 0 spiro atoms. The number of ether oxygens (including phenoxy) is 3. The molecule has 1 saturated heterocycles. The van der Waals surface area contributed by atoms with E-state index in [1.807, 2.05) is 18.2 Å². The molecule has 11 nitrogen and oxygen atoms in total. The molecular formula is C25H29N5O6. The van der Waals surface area contributed by atoms with Crippen LogP contribution in [0.25, 0.3) is 10.8 Å². The Morgan fingerprint density at radius 2 is 1.75 bits per heavy atom. The third kappa shape index (κ3) is 6.37. The summed E-state index contributed by atoms with van der Waals surface area (Å²) in [4.78, 5) is 36.8. The highest BCUT2D eigenvalue weighted by molar-refractivity contribution is 5.99. The van der Waals surface area contributed by atoms with Crippen molar-refractivity contribution in [3.63, 3.8) is 0 Å². The molecule has 1 aliphatic heterocycles. The van der Waals surface area contributed by atoms with Crippen LogP contribution in [0.4, 0.5) is 11.4 Å². The summed E-state index contributed by atoms with van der Waals surface area (Å²) in [5, 5.41) is 10.7. The Hall–Kier alpha value is -3.96. The van der Waals surface area contributed by atoms with Crippen molar-refractivity contribution in [3.05, 3.63) is 59.0 Å². The van der Waals surface area contributed by atoms with Crippen LogP contribution in [0.2, 0.25) is 0 Å². The van der Waals surface area contributed by atoms with Gasteiger partial charge in [-0.05, 0) is 36.8 Å². The second kappa shape index (κ2) is 12.1. The lowest BCUT2D eigenvalue weighted by molar-refractivity contribution is -0.136. The van der Waals surface area contributed by atoms with Gasteiger partial charge >= 0.3 is 0 Å². The molecule has 2 heterocycles. The molecule has 4 N–H and O–H groups in total. The fourth-order valence-corrected chi connectivity index (χ4v) is 3.85. The second-order valence-corrected chi connectivity index (χ2v) is 8.20. The summed E-state index contributed by atoms with van der Waals surface area (Å²) in [6.45, 7) is 2.61. The fourth-order valence-electron chi connectivity index (χ4n) is 3.85. The lowest BCUT2D eigenvalue weighted by atomic mass is 10.1. The van der Waals surface area contributed by atoms with E-state index in [2.05, 4.69) is 15.7 Å². The predicted octanol–water partition coefficient (Wildman–Crippen LogP) is 1.48. The summed E-state index contributed by atoms with van der Waals surface area (Å²) in [5.41, 5.74) is 6.56. The van der Waals surface area contributed by atoms with Crippen LogP contribution in [0.15, 0.2) is 53.5 Å². The number of nitrogens with zero attached hydrogens (tertiary/aromatic N) is 2. The Balaban J connectivity index is 1.21. The molecule has 0 aliphatic carbocycles. The first-order chi connectivity index (χ1) is 17.5. The number of imide groups is 1. The quantitative estimate of drug-likeness (QED) is 0.193. The molecule has 2 aromatic carbocycles. The first-order valence-electron chi connectivity index (χ1n) is 11.7. The van der Waals surface area contributed by atoms with Gasteiger partial charge in [0.25, 0.3) is 11.5 Å². The third-order valence-electron chi connectivity index (χ3n) is 5.66. The molecule has 0 bridgehead atoms. The van der Waals surface area contributed by atoms with Gasteiger partial charge in [-0.1, -0.05) is 12.1 Å². The van der Waals surface area contributed by atoms with E-state index in [4.69, 9.17) is 19.9 Å². The predicted molar refractivity (Wildman–Crippen MR) is 134 cm³/mol. The highest BCUT2D eigenvalue weighted by Gasteiger charge is 2.30. The van der Waals surface area contributed by atoms with Gasteiger partial charge in [-0.25, -0.2) is 4.68 Å². The summed E-state index contributed by atoms with van der Waals surface area (Å²) in [7, 11) is 0. The lowest BCUT2D eigenvalue weighted by Gasteiger charge is -2.22. The highest BCUT2D eigenvalue weighted by atomic mass is 16.5. The highest BCUT2D eigenvalue weighted by Crippen LogP contribution is 2.22. The number of fused-ring (bicyclic) bond motifs is 1. The van der Waals surface area contributed by atoms with E-state index in [0.29, 0.717) is 61.7 Å². The number of nitrogens with two attached hydrogens (primary N) is 1. The number of hydrogen-bond acceptors (Lipinski definition) is 9. The van der Waals surface area contributed by atoms with Crippen molar-refractivity contribution in [3.8, 4) is 5.75 Å².